The van der Waals surface area contributed by atoms with E-state index >= 15 is 0 Å². The van der Waals surface area contributed by atoms with Gasteiger partial charge >= 0.3 is 5.97 Å². The summed E-state index contributed by atoms with van der Waals surface area (Å²) < 4.78 is 5.49. The molecule has 0 aliphatic carbocycles. The van der Waals surface area contributed by atoms with Gasteiger partial charge in [0.1, 0.15) is 0 Å². The van der Waals surface area contributed by atoms with Gasteiger partial charge in [0.25, 0.3) is 0 Å². The van der Waals surface area contributed by atoms with E-state index < -0.39 is 12.1 Å². The molecule has 0 fully saturated rings. The molecule has 0 aliphatic heterocycles. The van der Waals surface area contributed by atoms with Crippen LogP contribution in [-0.4, -0.2) is 47.4 Å². The topological polar surface area (TPSA) is 95.9 Å². The fourth-order valence-corrected chi connectivity index (χ4v) is 9.61. The molecule has 3 N–H and O–H groups in total. The van der Waals surface area contributed by atoms with Gasteiger partial charge in [-0.05, 0) is 64.2 Å². The lowest BCUT2D eigenvalue weighted by Crippen LogP contribution is -2.45. The Bertz CT molecular complexity index is 1130. The van der Waals surface area contributed by atoms with Crippen LogP contribution >= 0.6 is 0 Å². The molecule has 412 valence electrons. The van der Waals surface area contributed by atoms with Gasteiger partial charge in [-0.3, -0.25) is 9.59 Å². The number of rotatable bonds is 58. The third-order valence-electron chi connectivity index (χ3n) is 14.4. The number of aliphatic hydroxyl groups excluding tert-OH is 2. The van der Waals surface area contributed by atoms with E-state index in [2.05, 4.69) is 43.5 Å². The van der Waals surface area contributed by atoms with Crippen LogP contribution in [-0.2, 0) is 14.3 Å². The lowest BCUT2D eigenvalue weighted by molar-refractivity contribution is -0.143. The maximum Gasteiger partial charge on any atom is 0.305 e. The normalized spacial score (nSPS) is 12.8. The number of allylic oxidation sites excluding steroid dienone is 5. The highest BCUT2D eigenvalue weighted by atomic mass is 16.5. The third kappa shape index (κ3) is 55.4. The Morgan fingerprint density at radius 2 is 0.714 bits per heavy atom. The minimum absolute atomic E-state index is 0.0141. The summed E-state index contributed by atoms with van der Waals surface area (Å²) in [5.74, 6) is -0.0595. The zero-order valence-corrected chi connectivity index (χ0v) is 47.0. The summed E-state index contributed by atoms with van der Waals surface area (Å²) in [4.78, 5) is 24.5. The number of esters is 1. The SMILES string of the molecule is CCCCCCCCC/C=C/C(O)C(CO)NC(=O)CCCCCCCCCCCCC/C=C\C/C=C\CCCCCCCCCCCOC(=O)CCCCCCCCCCCCCCCCCCC. The molecular formula is C64H121NO5. The first kappa shape index (κ1) is 68.1. The zero-order valence-electron chi connectivity index (χ0n) is 47.0. The molecule has 70 heavy (non-hydrogen) atoms. The Kier molecular flexibility index (Phi) is 58.0. The lowest BCUT2D eigenvalue weighted by Gasteiger charge is -2.20. The molecule has 0 saturated carbocycles. The van der Waals surface area contributed by atoms with Crippen molar-refractivity contribution in [1.29, 1.82) is 0 Å². The van der Waals surface area contributed by atoms with Crippen LogP contribution in [0.2, 0.25) is 0 Å². The van der Waals surface area contributed by atoms with Crippen molar-refractivity contribution >= 4 is 11.9 Å². The molecule has 6 nitrogen and oxygen atoms in total. The minimum atomic E-state index is -0.844. The monoisotopic (exact) mass is 984 g/mol. The van der Waals surface area contributed by atoms with Gasteiger partial charge in [-0.25, -0.2) is 0 Å². The Morgan fingerprint density at radius 1 is 0.400 bits per heavy atom. The molecule has 0 saturated heterocycles. The first-order valence-corrected chi connectivity index (χ1v) is 31.3. The van der Waals surface area contributed by atoms with Crippen LogP contribution in [0, 0.1) is 0 Å². The molecule has 0 radical (unpaired) electrons. The van der Waals surface area contributed by atoms with Gasteiger partial charge < -0.3 is 20.3 Å². The summed E-state index contributed by atoms with van der Waals surface area (Å²) in [5, 5.41) is 22.9. The third-order valence-corrected chi connectivity index (χ3v) is 14.4. The number of nitrogens with one attached hydrogen (secondary N) is 1. The van der Waals surface area contributed by atoms with E-state index in [1.807, 2.05) is 6.08 Å². The summed E-state index contributed by atoms with van der Waals surface area (Å²) in [6, 6.07) is -0.628. The first-order valence-electron chi connectivity index (χ1n) is 31.3. The Labute approximate surface area is 436 Å². The highest BCUT2D eigenvalue weighted by Crippen LogP contribution is 2.17. The van der Waals surface area contributed by atoms with Crippen LogP contribution < -0.4 is 5.32 Å². The molecule has 0 aromatic carbocycles. The molecule has 0 spiro atoms. The molecule has 2 unspecified atom stereocenters. The van der Waals surface area contributed by atoms with Crippen LogP contribution in [0.15, 0.2) is 36.5 Å². The van der Waals surface area contributed by atoms with Crippen molar-refractivity contribution in [3.63, 3.8) is 0 Å². The second kappa shape index (κ2) is 59.6. The molecule has 0 aliphatic rings. The fraction of sp³-hybridized carbons (Fsp3) is 0.875. The van der Waals surface area contributed by atoms with Crippen molar-refractivity contribution in [2.75, 3.05) is 13.2 Å². The van der Waals surface area contributed by atoms with Gasteiger partial charge in [-0.1, -0.05) is 294 Å². The van der Waals surface area contributed by atoms with Crippen LogP contribution in [0.25, 0.3) is 0 Å². The summed E-state index contributed by atoms with van der Waals surface area (Å²) in [6.07, 6.45) is 74.9. The van der Waals surface area contributed by atoms with Gasteiger partial charge in [0.05, 0.1) is 25.4 Å². The number of hydrogen-bond acceptors (Lipinski definition) is 5. The van der Waals surface area contributed by atoms with E-state index in [-0.39, 0.29) is 18.5 Å². The average Bonchev–Trinajstić information content (AvgIpc) is 3.36. The van der Waals surface area contributed by atoms with E-state index in [4.69, 9.17) is 4.74 Å². The molecule has 0 rings (SSSR count). The van der Waals surface area contributed by atoms with Gasteiger partial charge in [-0.2, -0.15) is 0 Å². The van der Waals surface area contributed by atoms with Gasteiger partial charge in [0, 0.05) is 12.8 Å². The average molecular weight is 985 g/mol. The van der Waals surface area contributed by atoms with Gasteiger partial charge in [-0.15, -0.1) is 0 Å². The van der Waals surface area contributed by atoms with Crippen molar-refractivity contribution < 1.29 is 24.5 Å². The number of carbonyl (C=O) groups is 2. The highest BCUT2D eigenvalue weighted by Gasteiger charge is 2.18. The van der Waals surface area contributed by atoms with E-state index in [1.54, 1.807) is 6.08 Å². The zero-order chi connectivity index (χ0) is 50.7. The maximum atomic E-state index is 12.4. The molecule has 1 amide bonds. The van der Waals surface area contributed by atoms with E-state index in [0.717, 1.165) is 44.9 Å². The molecule has 0 aromatic heterocycles. The summed E-state index contributed by atoms with van der Waals surface area (Å²) in [7, 11) is 0. The molecule has 2 atom stereocenters. The van der Waals surface area contributed by atoms with Gasteiger partial charge in [0.2, 0.25) is 5.91 Å². The number of unbranched alkanes of at least 4 members (excludes halogenated alkanes) is 43. The highest BCUT2D eigenvalue weighted by molar-refractivity contribution is 5.76. The van der Waals surface area contributed by atoms with Crippen LogP contribution in [0.1, 0.15) is 335 Å². The van der Waals surface area contributed by atoms with E-state index in [0.29, 0.717) is 19.4 Å². The molecule has 0 aromatic rings. The van der Waals surface area contributed by atoms with Crippen LogP contribution in [0.5, 0.6) is 0 Å². The first-order chi connectivity index (χ1) is 34.5. The van der Waals surface area contributed by atoms with Gasteiger partial charge in [0.15, 0.2) is 0 Å². The van der Waals surface area contributed by atoms with E-state index in [9.17, 15) is 19.8 Å². The Morgan fingerprint density at radius 3 is 1.09 bits per heavy atom. The van der Waals surface area contributed by atoms with Crippen molar-refractivity contribution in [1.82, 2.24) is 5.32 Å². The minimum Gasteiger partial charge on any atom is -0.466 e. The molecular weight excluding hydrogens is 863 g/mol. The summed E-state index contributed by atoms with van der Waals surface area (Å²) in [5.41, 5.74) is 0. The predicted molar refractivity (Wildman–Crippen MR) is 306 cm³/mol. The number of aliphatic hydroxyl groups is 2. The largest absolute Gasteiger partial charge is 0.466 e. The Hall–Kier alpha value is -1.92. The van der Waals surface area contributed by atoms with Crippen molar-refractivity contribution in [3.8, 4) is 0 Å². The van der Waals surface area contributed by atoms with Crippen molar-refractivity contribution in [2.45, 2.75) is 347 Å². The van der Waals surface area contributed by atoms with Crippen LogP contribution in [0.4, 0.5) is 0 Å². The predicted octanol–water partition coefficient (Wildman–Crippen LogP) is 19.6. The summed E-state index contributed by atoms with van der Waals surface area (Å²) >= 11 is 0. The van der Waals surface area contributed by atoms with Crippen molar-refractivity contribution in [2.24, 2.45) is 0 Å². The lowest BCUT2D eigenvalue weighted by atomic mass is 10.0. The number of ether oxygens (including phenoxy) is 1. The summed E-state index contributed by atoms with van der Waals surface area (Å²) in [6.45, 7) is 4.89. The fourth-order valence-electron chi connectivity index (χ4n) is 9.61. The Balaban J connectivity index is 3.39. The van der Waals surface area contributed by atoms with Crippen LogP contribution in [0.3, 0.4) is 0 Å². The smallest absolute Gasteiger partial charge is 0.305 e. The quantitative estimate of drug-likeness (QED) is 0.0321. The molecule has 0 heterocycles. The number of amides is 1. The van der Waals surface area contributed by atoms with Crippen molar-refractivity contribution in [3.05, 3.63) is 36.5 Å². The number of hydrogen-bond donors (Lipinski definition) is 3. The molecule has 6 heteroatoms. The van der Waals surface area contributed by atoms with E-state index in [1.165, 1.54) is 263 Å². The maximum absolute atomic E-state index is 12.4. The number of carbonyl (C=O) groups excluding carboxylic acids is 2. The molecule has 0 bridgehead atoms. The second-order valence-electron chi connectivity index (χ2n) is 21.4. The standard InChI is InChI=1S/C64H121NO5/c1-3-5-7-9-11-13-14-15-16-28-32-35-38-42-46-50-54-58-64(69)70-59-55-51-47-43-39-36-33-30-27-25-23-21-19-17-18-20-22-24-26-29-31-34-37-41-45-49-53-57-63(68)65-61(60-66)62(67)56-52-48-44-40-12-10-8-6-4-2/h17-18,21,23,52,56,61-62,66-67H,3-16,19-20,22,24-51,53-55,57-60H2,1-2H3,(H,65,68)/b18-17-,23-21-,56-52+. The second-order valence-corrected chi connectivity index (χ2v) is 21.4.